The van der Waals surface area contributed by atoms with Gasteiger partial charge in [0.15, 0.2) is 5.82 Å². The van der Waals surface area contributed by atoms with Crippen LogP contribution in [0.2, 0.25) is 0 Å². The van der Waals surface area contributed by atoms with E-state index < -0.39 is 0 Å². The number of ether oxygens (including phenoxy) is 1. The van der Waals surface area contributed by atoms with E-state index in [1.54, 1.807) is 7.11 Å². The van der Waals surface area contributed by atoms with Crippen molar-refractivity contribution >= 4 is 10.9 Å². The van der Waals surface area contributed by atoms with E-state index in [0.29, 0.717) is 18.5 Å². The molecule has 0 amide bonds. The maximum Gasteiger partial charge on any atom is 0.261 e. The van der Waals surface area contributed by atoms with Crippen LogP contribution in [0.25, 0.3) is 10.9 Å². The molecule has 0 saturated heterocycles. The molecule has 0 aliphatic heterocycles. The molecule has 1 heterocycles. The fourth-order valence-corrected chi connectivity index (χ4v) is 2.75. The minimum atomic E-state index is 0.0704. The summed E-state index contributed by atoms with van der Waals surface area (Å²) in [6.45, 7) is 6.49. The van der Waals surface area contributed by atoms with Crippen LogP contribution < -0.4 is 10.9 Å². The van der Waals surface area contributed by atoms with Gasteiger partial charge in [0.2, 0.25) is 0 Å². The molecule has 2 rings (SSSR count). The monoisotopic (exact) mass is 304 g/mol. The van der Waals surface area contributed by atoms with E-state index in [0.717, 1.165) is 30.7 Å². The first-order valence-corrected chi connectivity index (χ1v) is 8.04. The lowest BCUT2D eigenvalue weighted by molar-refractivity contribution is -0.698. The highest BCUT2D eigenvalue weighted by Gasteiger charge is 2.20. The number of nitrogens with zero attached hydrogens (tertiary/aromatic N) is 2. The van der Waals surface area contributed by atoms with E-state index in [1.165, 1.54) is 0 Å². The topological polar surface area (TPSA) is 60.7 Å². The zero-order valence-corrected chi connectivity index (χ0v) is 13.7. The lowest BCUT2D eigenvalue weighted by Gasteiger charge is -2.18. The van der Waals surface area contributed by atoms with Crippen LogP contribution in [0.15, 0.2) is 29.1 Å². The van der Waals surface area contributed by atoms with E-state index in [9.17, 15) is 4.79 Å². The van der Waals surface area contributed by atoms with Crippen LogP contribution in [0.3, 0.4) is 0 Å². The molecule has 120 valence electrons. The predicted molar refractivity (Wildman–Crippen MR) is 88.0 cm³/mol. The van der Waals surface area contributed by atoms with Gasteiger partial charge in [-0.3, -0.25) is 9.36 Å². The molecule has 22 heavy (non-hydrogen) atoms. The Labute approximate surface area is 131 Å². The predicted octanol–water partition coefficient (Wildman–Crippen LogP) is 1.47. The Bertz CT molecular complexity index is 666. The summed E-state index contributed by atoms with van der Waals surface area (Å²) < 4.78 is 6.97. The third kappa shape index (κ3) is 3.54. The van der Waals surface area contributed by atoms with Gasteiger partial charge < -0.3 is 10.1 Å². The Kier molecular flexibility index (Phi) is 6.10. The van der Waals surface area contributed by atoms with E-state index in [2.05, 4.69) is 19.2 Å². The summed E-state index contributed by atoms with van der Waals surface area (Å²) in [6, 6.07) is 7.77. The molecule has 2 aromatic rings. The van der Waals surface area contributed by atoms with Crippen molar-refractivity contribution < 1.29 is 10.1 Å². The number of rotatable bonds is 8. The summed E-state index contributed by atoms with van der Waals surface area (Å²) in [5, 5.41) is 2.91. The second-order valence-electron chi connectivity index (χ2n) is 5.48. The van der Waals surface area contributed by atoms with Gasteiger partial charge in [-0.05, 0) is 18.6 Å². The van der Waals surface area contributed by atoms with E-state index in [-0.39, 0.29) is 11.6 Å². The smallest absolute Gasteiger partial charge is 0.261 e. The Balaban J connectivity index is 2.49. The van der Waals surface area contributed by atoms with Gasteiger partial charge >= 0.3 is 0 Å². The molecule has 0 saturated carbocycles. The Morgan fingerprint density at radius 2 is 2.09 bits per heavy atom. The number of nitrogens with two attached hydrogens (primary N) is 1. The molecule has 5 nitrogen and oxygen atoms in total. The molecule has 0 radical (unpaired) electrons. The molecule has 1 aromatic heterocycles. The first-order chi connectivity index (χ1) is 10.7. The number of aromatic nitrogens is 2. The minimum Gasteiger partial charge on any atom is -0.379 e. The fraction of sp³-hybridized carbons (Fsp3) is 0.529. The Hall–Kier alpha value is -1.72. The summed E-state index contributed by atoms with van der Waals surface area (Å²) in [7, 11) is 1.70. The first kappa shape index (κ1) is 16.6. The second-order valence-corrected chi connectivity index (χ2v) is 5.48. The third-order valence-corrected chi connectivity index (χ3v) is 3.88. The summed E-state index contributed by atoms with van der Waals surface area (Å²) in [5.74, 6) is 0.879. The zero-order chi connectivity index (χ0) is 15.9. The average molecular weight is 304 g/mol. The van der Waals surface area contributed by atoms with Gasteiger partial charge in [0.1, 0.15) is 6.04 Å². The maximum absolute atomic E-state index is 12.8. The third-order valence-electron chi connectivity index (χ3n) is 3.88. The van der Waals surface area contributed by atoms with Crippen LogP contribution in [-0.2, 0) is 11.3 Å². The normalized spacial score (nSPS) is 12.7. The van der Waals surface area contributed by atoms with Crippen molar-refractivity contribution in [3.63, 3.8) is 0 Å². The van der Waals surface area contributed by atoms with Crippen molar-refractivity contribution in [2.24, 2.45) is 0 Å². The number of methoxy groups -OCH3 is 1. The Morgan fingerprint density at radius 1 is 1.32 bits per heavy atom. The van der Waals surface area contributed by atoms with E-state index in [4.69, 9.17) is 9.72 Å². The molecular formula is C17H26N3O2+. The van der Waals surface area contributed by atoms with Crippen LogP contribution in [0.1, 0.15) is 38.6 Å². The first-order valence-electron chi connectivity index (χ1n) is 8.04. The Morgan fingerprint density at radius 3 is 2.77 bits per heavy atom. The van der Waals surface area contributed by atoms with Crippen LogP contribution in [0.5, 0.6) is 0 Å². The van der Waals surface area contributed by atoms with Crippen molar-refractivity contribution in [2.75, 3.05) is 20.3 Å². The van der Waals surface area contributed by atoms with Gasteiger partial charge in [-0.25, -0.2) is 4.98 Å². The highest BCUT2D eigenvalue weighted by Crippen LogP contribution is 2.14. The quantitative estimate of drug-likeness (QED) is 0.751. The fourth-order valence-electron chi connectivity index (χ4n) is 2.75. The highest BCUT2D eigenvalue weighted by atomic mass is 16.5. The molecule has 0 fully saturated rings. The summed E-state index contributed by atoms with van der Waals surface area (Å²) in [6.07, 6.45) is 1.85. The number of para-hydroxylation sites is 1. The van der Waals surface area contributed by atoms with Crippen molar-refractivity contribution in [1.82, 2.24) is 9.55 Å². The van der Waals surface area contributed by atoms with E-state index >= 15 is 0 Å². The number of hydrogen-bond donors (Lipinski definition) is 1. The number of fused-ring (bicyclic) bond motifs is 1. The molecule has 0 bridgehead atoms. The highest BCUT2D eigenvalue weighted by molar-refractivity contribution is 5.77. The lowest BCUT2D eigenvalue weighted by Crippen LogP contribution is -2.86. The van der Waals surface area contributed by atoms with Gasteiger partial charge in [0, 0.05) is 20.1 Å². The standard InChI is InChI=1S/C17H25N3O2/c1-4-11-20-16(14(5-2)18-10-12-22-3)19-15-9-7-6-8-13(15)17(20)21/h6-9,14,18H,4-5,10-12H2,1-3H3/p+1/t14-/m1/s1. The average Bonchev–Trinajstić information content (AvgIpc) is 2.54. The van der Waals surface area contributed by atoms with Crippen molar-refractivity contribution in [3.05, 3.63) is 40.4 Å². The number of quaternary nitrogens is 1. The zero-order valence-electron chi connectivity index (χ0n) is 13.7. The summed E-state index contributed by atoms with van der Waals surface area (Å²) in [5.41, 5.74) is 0.856. The van der Waals surface area contributed by atoms with Crippen LogP contribution in [0.4, 0.5) is 0 Å². The maximum atomic E-state index is 12.8. The van der Waals surface area contributed by atoms with E-state index in [1.807, 2.05) is 28.8 Å². The SMILES string of the molecule is CCCn1c([C@@H](CC)[NH2+]CCOC)nc2ccccc2c1=O. The van der Waals surface area contributed by atoms with Gasteiger partial charge in [-0.1, -0.05) is 26.0 Å². The van der Waals surface area contributed by atoms with Crippen LogP contribution >= 0.6 is 0 Å². The largest absolute Gasteiger partial charge is 0.379 e. The molecule has 0 aliphatic rings. The molecule has 2 N–H and O–H groups in total. The minimum absolute atomic E-state index is 0.0704. The van der Waals surface area contributed by atoms with Gasteiger partial charge in [-0.2, -0.15) is 0 Å². The number of hydrogen-bond acceptors (Lipinski definition) is 3. The van der Waals surface area contributed by atoms with Gasteiger partial charge in [0.05, 0.1) is 24.1 Å². The van der Waals surface area contributed by atoms with Gasteiger partial charge in [-0.15, -0.1) is 0 Å². The molecule has 0 spiro atoms. The van der Waals surface area contributed by atoms with Crippen LogP contribution in [-0.4, -0.2) is 29.8 Å². The molecular weight excluding hydrogens is 278 g/mol. The molecule has 5 heteroatoms. The molecule has 0 unspecified atom stereocenters. The van der Waals surface area contributed by atoms with Gasteiger partial charge in [0.25, 0.3) is 5.56 Å². The second kappa shape index (κ2) is 8.06. The van der Waals surface area contributed by atoms with Crippen molar-refractivity contribution in [2.45, 2.75) is 39.3 Å². The molecule has 0 aliphatic carbocycles. The summed E-state index contributed by atoms with van der Waals surface area (Å²) in [4.78, 5) is 17.6. The van der Waals surface area contributed by atoms with Crippen LogP contribution in [0, 0.1) is 0 Å². The number of benzene rings is 1. The molecule has 1 aromatic carbocycles. The molecule has 1 atom stereocenters. The summed E-state index contributed by atoms with van der Waals surface area (Å²) >= 11 is 0. The van der Waals surface area contributed by atoms with Crippen molar-refractivity contribution in [1.29, 1.82) is 0 Å². The van der Waals surface area contributed by atoms with Crippen molar-refractivity contribution in [3.8, 4) is 0 Å². The lowest BCUT2D eigenvalue weighted by atomic mass is 10.1.